The molecule has 0 bridgehead atoms. The number of anilines is 1. The zero-order chi connectivity index (χ0) is 15.4. The first-order valence-corrected chi connectivity index (χ1v) is 7.41. The summed E-state index contributed by atoms with van der Waals surface area (Å²) in [6.07, 6.45) is 0. The normalized spacial score (nSPS) is 11.8. The average molecular weight is 350 g/mol. The Morgan fingerprint density at radius 3 is 2.52 bits per heavy atom. The van der Waals surface area contributed by atoms with Crippen LogP contribution in [0.5, 0.6) is 11.8 Å². The summed E-state index contributed by atoms with van der Waals surface area (Å²) >= 11 is 3.22. The molecule has 0 spiro atoms. The molecular formula is C15H16BrN3O2. The topological polar surface area (TPSA) is 64.1 Å². The fraction of sp³-hybridized carbons (Fsp3) is 0.267. The number of aryl methyl sites for hydroxylation is 2. The number of nitrogens with zero attached hydrogens (tertiary/aromatic N) is 2. The Morgan fingerprint density at radius 1 is 1.24 bits per heavy atom. The third-order valence-electron chi connectivity index (χ3n) is 2.63. The number of aromatic nitrogens is 2. The van der Waals surface area contributed by atoms with Crippen molar-refractivity contribution in [3.05, 3.63) is 41.7 Å². The summed E-state index contributed by atoms with van der Waals surface area (Å²) in [5, 5.41) is 2.78. The smallest absolute Gasteiger partial charge is 0.322 e. The number of rotatable bonds is 4. The first-order chi connectivity index (χ1) is 9.94. The van der Waals surface area contributed by atoms with E-state index in [0.29, 0.717) is 17.4 Å². The summed E-state index contributed by atoms with van der Waals surface area (Å²) in [5.41, 5.74) is 2.35. The van der Waals surface area contributed by atoms with Crippen molar-refractivity contribution >= 4 is 27.5 Å². The quantitative estimate of drug-likeness (QED) is 0.856. The highest BCUT2D eigenvalue weighted by Gasteiger charge is 2.09. The van der Waals surface area contributed by atoms with Crippen LogP contribution in [-0.4, -0.2) is 20.7 Å². The molecule has 1 amide bonds. The van der Waals surface area contributed by atoms with Gasteiger partial charge in [0.05, 0.1) is 4.83 Å². The van der Waals surface area contributed by atoms with E-state index in [2.05, 4.69) is 31.2 Å². The largest absolute Gasteiger partial charge is 0.424 e. The number of carbonyl (C=O) groups is 1. The maximum atomic E-state index is 11.6. The third-order valence-corrected chi connectivity index (χ3v) is 3.05. The van der Waals surface area contributed by atoms with Crippen LogP contribution >= 0.6 is 15.9 Å². The lowest BCUT2D eigenvalue weighted by molar-refractivity contribution is -0.115. The molecule has 0 aliphatic carbocycles. The van der Waals surface area contributed by atoms with Gasteiger partial charge in [-0.25, -0.2) is 9.97 Å². The molecule has 1 unspecified atom stereocenters. The molecule has 2 aromatic rings. The lowest BCUT2D eigenvalue weighted by atomic mass is 10.3. The fourth-order valence-corrected chi connectivity index (χ4v) is 1.84. The molecule has 1 atom stereocenters. The molecule has 0 radical (unpaired) electrons. The molecule has 6 heteroatoms. The summed E-state index contributed by atoms with van der Waals surface area (Å²) in [6.45, 7) is 5.53. The van der Waals surface area contributed by atoms with Crippen LogP contribution in [0.4, 0.5) is 5.69 Å². The molecule has 0 aliphatic rings. The fourth-order valence-electron chi connectivity index (χ4n) is 1.72. The van der Waals surface area contributed by atoms with Gasteiger partial charge in [0.1, 0.15) is 5.75 Å². The second-order valence-corrected chi connectivity index (χ2v) is 6.04. The molecule has 0 aliphatic heterocycles. The van der Waals surface area contributed by atoms with Crippen LogP contribution in [-0.2, 0) is 4.79 Å². The number of alkyl halides is 1. The van der Waals surface area contributed by atoms with Gasteiger partial charge < -0.3 is 10.1 Å². The van der Waals surface area contributed by atoms with Crippen molar-refractivity contribution in [2.45, 2.75) is 25.6 Å². The Labute approximate surface area is 131 Å². The van der Waals surface area contributed by atoms with Gasteiger partial charge in [-0.3, -0.25) is 4.79 Å². The van der Waals surface area contributed by atoms with E-state index in [4.69, 9.17) is 4.74 Å². The van der Waals surface area contributed by atoms with E-state index in [1.54, 1.807) is 31.2 Å². The standard InChI is InChI=1S/C15H16BrN3O2/c1-9-7-10(2)18-15(17-9)21-13-6-4-5-12(8-13)19-14(20)11(3)16/h4-8,11H,1-3H3,(H,19,20). The van der Waals surface area contributed by atoms with Gasteiger partial charge in [0.2, 0.25) is 5.91 Å². The van der Waals surface area contributed by atoms with Crippen LogP contribution < -0.4 is 10.1 Å². The Morgan fingerprint density at radius 2 is 1.90 bits per heavy atom. The zero-order valence-corrected chi connectivity index (χ0v) is 13.6. The summed E-state index contributed by atoms with van der Waals surface area (Å²) in [4.78, 5) is 19.8. The molecule has 21 heavy (non-hydrogen) atoms. The summed E-state index contributed by atoms with van der Waals surface area (Å²) in [5.74, 6) is 0.454. The molecule has 1 heterocycles. The predicted octanol–water partition coefficient (Wildman–Crippen LogP) is 3.61. The maximum Gasteiger partial charge on any atom is 0.322 e. The number of nitrogens with one attached hydrogen (secondary N) is 1. The van der Waals surface area contributed by atoms with E-state index in [-0.39, 0.29) is 10.7 Å². The van der Waals surface area contributed by atoms with Gasteiger partial charge in [-0.2, -0.15) is 0 Å². The minimum atomic E-state index is -0.259. The van der Waals surface area contributed by atoms with Crippen LogP contribution in [0.15, 0.2) is 30.3 Å². The van der Waals surface area contributed by atoms with Crippen LogP contribution in [0.25, 0.3) is 0 Å². The number of hydrogen-bond acceptors (Lipinski definition) is 4. The van der Waals surface area contributed by atoms with Gasteiger partial charge in [-0.05, 0) is 39.0 Å². The Bertz CT molecular complexity index is 639. The molecule has 110 valence electrons. The van der Waals surface area contributed by atoms with Crippen LogP contribution in [0.2, 0.25) is 0 Å². The lowest BCUT2D eigenvalue weighted by Gasteiger charge is -2.09. The molecule has 0 fully saturated rings. The minimum absolute atomic E-state index is 0.116. The molecule has 1 aromatic heterocycles. The van der Waals surface area contributed by atoms with Crippen molar-refractivity contribution in [1.29, 1.82) is 0 Å². The van der Waals surface area contributed by atoms with Crippen LogP contribution in [0.3, 0.4) is 0 Å². The summed E-state index contributed by atoms with van der Waals surface area (Å²) in [6, 6.07) is 9.28. The second kappa shape index (κ2) is 6.67. The highest BCUT2D eigenvalue weighted by Crippen LogP contribution is 2.22. The molecule has 5 nitrogen and oxygen atoms in total. The van der Waals surface area contributed by atoms with E-state index in [0.717, 1.165) is 11.4 Å². The Balaban J connectivity index is 2.15. The van der Waals surface area contributed by atoms with Gasteiger partial charge in [-0.15, -0.1) is 0 Å². The average Bonchev–Trinajstić information content (AvgIpc) is 2.37. The molecule has 0 saturated heterocycles. The number of benzene rings is 1. The molecule has 1 aromatic carbocycles. The Kier molecular flexibility index (Phi) is 4.90. The number of halogens is 1. The van der Waals surface area contributed by atoms with E-state index in [1.807, 2.05) is 19.9 Å². The molecule has 2 rings (SSSR count). The number of carbonyl (C=O) groups excluding carboxylic acids is 1. The number of hydrogen-bond donors (Lipinski definition) is 1. The molecule has 1 N–H and O–H groups in total. The van der Waals surface area contributed by atoms with Crippen molar-refractivity contribution < 1.29 is 9.53 Å². The third kappa shape index (κ3) is 4.53. The van der Waals surface area contributed by atoms with Crippen molar-refractivity contribution in [3.63, 3.8) is 0 Å². The van der Waals surface area contributed by atoms with E-state index in [1.165, 1.54) is 0 Å². The Hall–Kier alpha value is -1.95. The van der Waals surface area contributed by atoms with Crippen molar-refractivity contribution in [2.75, 3.05) is 5.32 Å². The van der Waals surface area contributed by atoms with Crippen LogP contribution in [0.1, 0.15) is 18.3 Å². The van der Waals surface area contributed by atoms with Crippen LogP contribution in [0, 0.1) is 13.8 Å². The minimum Gasteiger partial charge on any atom is -0.424 e. The van der Waals surface area contributed by atoms with Gasteiger partial charge >= 0.3 is 6.01 Å². The van der Waals surface area contributed by atoms with Gasteiger partial charge in [0, 0.05) is 23.1 Å². The second-order valence-electron chi connectivity index (χ2n) is 4.67. The van der Waals surface area contributed by atoms with Gasteiger partial charge in [0.25, 0.3) is 0 Å². The number of amides is 1. The van der Waals surface area contributed by atoms with E-state index >= 15 is 0 Å². The van der Waals surface area contributed by atoms with Crippen molar-refractivity contribution in [2.24, 2.45) is 0 Å². The molecule has 0 saturated carbocycles. The maximum absolute atomic E-state index is 11.6. The number of ether oxygens (including phenoxy) is 1. The summed E-state index contributed by atoms with van der Waals surface area (Å²) < 4.78 is 5.64. The SMILES string of the molecule is Cc1cc(C)nc(Oc2cccc(NC(=O)C(C)Br)c2)n1. The zero-order valence-electron chi connectivity index (χ0n) is 12.1. The monoisotopic (exact) mass is 349 g/mol. The van der Waals surface area contributed by atoms with E-state index < -0.39 is 0 Å². The first kappa shape index (κ1) is 15.4. The highest BCUT2D eigenvalue weighted by atomic mass is 79.9. The molecular weight excluding hydrogens is 334 g/mol. The predicted molar refractivity (Wildman–Crippen MR) is 85.0 cm³/mol. The van der Waals surface area contributed by atoms with Gasteiger partial charge in [0.15, 0.2) is 0 Å². The summed E-state index contributed by atoms with van der Waals surface area (Å²) in [7, 11) is 0. The van der Waals surface area contributed by atoms with Crippen molar-refractivity contribution in [3.8, 4) is 11.8 Å². The van der Waals surface area contributed by atoms with Crippen molar-refractivity contribution in [1.82, 2.24) is 9.97 Å². The first-order valence-electron chi connectivity index (χ1n) is 6.49. The highest BCUT2D eigenvalue weighted by molar-refractivity contribution is 9.10. The van der Waals surface area contributed by atoms with Gasteiger partial charge in [-0.1, -0.05) is 22.0 Å². The lowest BCUT2D eigenvalue weighted by Crippen LogP contribution is -2.19. The van der Waals surface area contributed by atoms with E-state index in [9.17, 15) is 4.79 Å².